The van der Waals surface area contributed by atoms with E-state index in [0.717, 1.165) is 11.3 Å². The molecule has 1 aromatic carbocycles. The van der Waals surface area contributed by atoms with Crippen LogP contribution < -0.4 is 4.90 Å². The molecule has 6 nitrogen and oxygen atoms in total. The predicted molar refractivity (Wildman–Crippen MR) is 79.1 cm³/mol. The molecular weight excluding hydrogens is 301 g/mol. The van der Waals surface area contributed by atoms with Crippen LogP contribution in [0.25, 0.3) is 0 Å². The largest absolute Gasteiger partial charge is 0.328 e. The first-order valence-electron chi connectivity index (χ1n) is 7.79. The van der Waals surface area contributed by atoms with Gasteiger partial charge in [0.25, 0.3) is 11.8 Å². The summed E-state index contributed by atoms with van der Waals surface area (Å²) in [4.78, 5) is 41.5. The van der Waals surface area contributed by atoms with E-state index in [2.05, 4.69) is 0 Å². The van der Waals surface area contributed by atoms with Crippen molar-refractivity contribution in [2.24, 2.45) is 0 Å². The van der Waals surface area contributed by atoms with Crippen LogP contribution in [0.1, 0.15) is 19.3 Å². The van der Waals surface area contributed by atoms with Crippen LogP contribution >= 0.6 is 0 Å². The lowest BCUT2D eigenvalue weighted by molar-refractivity contribution is -0.133. The molecular formula is C16H16FN3O3. The Morgan fingerprint density at radius 2 is 1.74 bits per heavy atom. The zero-order valence-electron chi connectivity index (χ0n) is 12.4. The van der Waals surface area contributed by atoms with Crippen LogP contribution in [0.2, 0.25) is 0 Å². The van der Waals surface area contributed by atoms with Gasteiger partial charge in [-0.25, -0.2) is 14.1 Å². The number of imide groups is 1. The van der Waals surface area contributed by atoms with Gasteiger partial charge in [0, 0.05) is 13.1 Å². The number of carbonyl (C=O) groups excluding carboxylic acids is 3. The van der Waals surface area contributed by atoms with E-state index in [1.165, 1.54) is 17.0 Å². The third kappa shape index (κ3) is 1.95. The van der Waals surface area contributed by atoms with E-state index < -0.39 is 23.8 Å². The first-order chi connectivity index (χ1) is 11.1. The lowest BCUT2D eigenvalue weighted by Gasteiger charge is -2.22. The molecule has 2 atom stereocenters. The van der Waals surface area contributed by atoms with Gasteiger partial charge in [0.05, 0.1) is 5.69 Å². The summed E-state index contributed by atoms with van der Waals surface area (Å²) in [6, 6.07) is 4.41. The maximum atomic E-state index is 13.9. The molecule has 1 aromatic rings. The average molecular weight is 317 g/mol. The van der Waals surface area contributed by atoms with Crippen molar-refractivity contribution in [2.45, 2.75) is 31.3 Å². The van der Waals surface area contributed by atoms with Crippen molar-refractivity contribution in [1.29, 1.82) is 0 Å². The van der Waals surface area contributed by atoms with E-state index in [1.807, 2.05) is 0 Å². The number of hydrogen-bond acceptors (Lipinski definition) is 3. The van der Waals surface area contributed by atoms with Crippen molar-refractivity contribution in [2.75, 3.05) is 18.0 Å². The van der Waals surface area contributed by atoms with Crippen molar-refractivity contribution in [3.8, 4) is 0 Å². The normalized spacial score (nSPS) is 27.3. The molecule has 120 valence electrons. The van der Waals surface area contributed by atoms with Gasteiger partial charge >= 0.3 is 6.03 Å². The molecule has 0 bridgehead atoms. The number of hydrogen-bond donors (Lipinski definition) is 0. The predicted octanol–water partition coefficient (Wildman–Crippen LogP) is 1.36. The molecule has 0 aromatic heterocycles. The van der Waals surface area contributed by atoms with Crippen molar-refractivity contribution < 1.29 is 18.8 Å². The molecule has 4 amide bonds. The monoisotopic (exact) mass is 317 g/mol. The Labute approximate surface area is 132 Å². The summed E-state index contributed by atoms with van der Waals surface area (Å²) in [5.41, 5.74) is 0.194. The van der Waals surface area contributed by atoms with Gasteiger partial charge in [-0.15, -0.1) is 0 Å². The van der Waals surface area contributed by atoms with E-state index in [9.17, 15) is 18.8 Å². The minimum absolute atomic E-state index is 0.194. The third-order valence-corrected chi connectivity index (χ3v) is 4.86. The van der Waals surface area contributed by atoms with Crippen LogP contribution in [-0.4, -0.2) is 52.8 Å². The summed E-state index contributed by atoms with van der Waals surface area (Å²) in [7, 11) is 0. The van der Waals surface area contributed by atoms with E-state index in [0.29, 0.717) is 25.9 Å². The topological polar surface area (TPSA) is 60.9 Å². The quantitative estimate of drug-likeness (QED) is 0.774. The van der Waals surface area contributed by atoms with Gasteiger partial charge < -0.3 is 9.80 Å². The van der Waals surface area contributed by atoms with Crippen LogP contribution in [0, 0.1) is 5.82 Å². The number of halogens is 1. The first-order valence-corrected chi connectivity index (χ1v) is 7.79. The number of benzene rings is 1. The summed E-state index contributed by atoms with van der Waals surface area (Å²) in [5.74, 6) is -1.17. The lowest BCUT2D eigenvalue weighted by atomic mass is 10.1. The highest BCUT2D eigenvalue weighted by molar-refractivity contribution is 6.10. The molecule has 3 saturated heterocycles. The SMILES string of the molecule is O=C1C(N2C(=O)[C@@H]3CCCN3C2=O)CCN1c1ccccc1F. The fraction of sp³-hybridized carbons (Fsp3) is 0.438. The molecule has 3 heterocycles. The Morgan fingerprint density at radius 3 is 2.48 bits per heavy atom. The highest BCUT2D eigenvalue weighted by atomic mass is 19.1. The zero-order chi connectivity index (χ0) is 16.1. The molecule has 1 unspecified atom stereocenters. The van der Waals surface area contributed by atoms with Gasteiger partial charge in [-0.1, -0.05) is 12.1 Å². The minimum atomic E-state index is -0.819. The number of urea groups is 1. The van der Waals surface area contributed by atoms with Gasteiger partial charge in [0.2, 0.25) is 0 Å². The van der Waals surface area contributed by atoms with E-state index in [1.54, 1.807) is 17.0 Å². The molecule has 3 aliphatic heterocycles. The average Bonchev–Trinajstić information content (AvgIpc) is 3.20. The Kier molecular flexibility index (Phi) is 3.11. The van der Waals surface area contributed by atoms with Crippen molar-refractivity contribution in [1.82, 2.24) is 9.80 Å². The minimum Gasteiger partial charge on any atom is -0.312 e. The van der Waals surface area contributed by atoms with Gasteiger partial charge in [-0.05, 0) is 31.4 Å². The molecule has 3 fully saturated rings. The Morgan fingerprint density at radius 1 is 0.957 bits per heavy atom. The first kappa shape index (κ1) is 14.2. The van der Waals surface area contributed by atoms with Crippen LogP contribution in [-0.2, 0) is 9.59 Å². The molecule has 23 heavy (non-hydrogen) atoms. The molecule has 0 saturated carbocycles. The number of nitrogens with zero attached hydrogens (tertiary/aromatic N) is 3. The van der Waals surface area contributed by atoms with Crippen molar-refractivity contribution in [3.05, 3.63) is 30.1 Å². The number of anilines is 1. The molecule has 0 N–H and O–H groups in total. The Bertz CT molecular complexity index is 686. The smallest absolute Gasteiger partial charge is 0.312 e. The summed E-state index contributed by atoms with van der Waals surface area (Å²) in [5, 5.41) is 0. The summed E-state index contributed by atoms with van der Waals surface area (Å²) >= 11 is 0. The van der Waals surface area contributed by atoms with Gasteiger partial charge in [-0.2, -0.15) is 0 Å². The van der Waals surface area contributed by atoms with Crippen LogP contribution in [0.3, 0.4) is 0 Å². The molecule has 7 heteroatoms. The maximum Gasteiger partial charge on any atom is 0.328 e. The number of fused-ring (bicyclic) bond motifs is 1. The van der Waals surface area contributed by atoms with E-state index in [-0.39, 0.29) is 17.6 Å². The number of para-hydroxylation sites is 1. The van der Waals surface area contributed by atoms with Gasteiger partial charge in [-0.3, -0.25) is 9.59 Å². The zero-order valence-corrected chi connectivity index (χ0v) is 12.4. The molecule has 0 radical (unpaired) electrons. The molecule has 3 aliphatic rings. The number of rotatable bonds is 2. The Hall–Kier alpha value is -2.44. The summed E-state index contributed by atoms with van der Waals surface area (Å²) < 4.78 is 13.9. The van der Waals surface area contributed by atoms with Crippen molar-refractivity contribution in [3.63, 3.8) is 0 Å². The second-order valence-corrected chi connectivity index (χ2v) is 6.09. The molecule has 0 spiro atoms. The van der Waals surface area contributed by atoms with Gasteiger partial charge in [0.15, 0.2) is 0 Å². The fourth-order valence-corrected chi connectivity index (χ4v) is 3.75. The lowest BCUT2D eigenvalue weighted by Crippen LogP contribution is -2.46. The third-order valence-electron chi connectivity index (χ3n) is 4.86. The van der Waals surface area contributed by atoms with Crippen molar-refractivity contribution >= 4 is 23.5 Å². The standard InChI is InChI=1S/C16H16FN3O3/c17-10-4-1-2-5-11(10)18-9-7-13(14(18)21)20-15(22)12-6-3-8-19(12)16(20)23/h1-2,4-5,12-13H,3,6-9H2/t12-,13?/m0/s1. The summed E-state index contributed by atoms with van der Waals surface area (Å²) in [6.45, 7) is 0.857. The van der Waals surface area contributed by atoms with Gasteiger partial charge in [0.1, 0.15) is 17.9 Å². The highest BCUT2D eigenvalue weighted by Crippen LogP contribution is 2.33. The highest BCUT2D eigenvalue weighted by Gasteiger charge is 2.53. The van der Waals surface area contributed by atoms with Crippen LogP contribution in [0.5, 0.6) is 0 Å². The fourth-order valence-electron chi connectivity index (χ4n) is 3.75. The van der Waals surface area contributed by atoms with Crippen LogP contribution in [0.15, 0.2) is 24.3 Å². The summed E-state index contributed by atoms with van der Waals surface area (Å²) in [6.07, 6.45) is 1.81. The Balaban J connectivity index is 1.60. The van der Waals surface area contributed by atoms with E-state index in [4.69, 9.17) is 0 Å². The second-order valence-electron chi connectivity index (χ2n) is 6.09. The van der Waals surface area contributed by atoms with E-state index >= 15 is 0 Å². The second kappa shape index (κ2) is 5.04. The number of carbonyl (C=O) groups is 3. The van der Waals surface area contributed by atoms with Crippen LogP contribution in [0.4, 0.5) is 14.9 Å². The maximum absolute atomic E-state index is 13.9. The molecule has 4 rings (SSSR count). The number of amides is 4. The molecule has 0 aliphatic carbocycles.